The first-order chi connectivity index (χ1) is 10.9. The van der Waals surface area contributed by atoms with Gasteiger partial charge >= 0.3 is 0 Å². The Morgan fingerprint density at radius 2 is 2.00 bits per heavy atom. The van der Waals surface area contributed by atoms with Gasteiger partial charge in [0.2, 0.25) is 0 Å². The molecule has 4 nitrogen and oxygen atoms in total. The highest BCUT2D eigenvalue weighted by Gasteiger charge is 2.18. The summed E-state index contributed by atoms with van der Waals surface area (Å²) in [5.41, 5.74) is 5.56. The minimum Gasteiger partial charge on any atom is -0.322 e. The van der Waals surface area contributed by atoms with Crippen molar-refractivity contribution < 1.29 is 8.78 Å². The van der Waals surface area contributed by atoms with Crippen molar-refractivity contribution in [3.05, 3.63) is 69.2 Å². The molecular weight excluding hydrogens is 324 g/mol. The van der Waals surface area contributed by atoms with Gasteiger partial charge in [0.15, 0.2) is 0 Å². The molecule has 3 rings (SSSR count). The zero-order valence-electron chi connectivity index (χ0n) is 12.1. The number of benzene rings is 2. The maximum Gasteiger partial charge on any atom is 0.269 e. The average molecular weight is 336 g/mol. The monoisotopic (exact) mass is 335 g/mol. The number of nitrogens with two attached hydrogens (primary N) is 1. The van der Waals surface area contributed by atoms with Crippen molar-refractivity contribution in [1.82, 2.24) is 9.55 Å². The number of nitrogens with zero attached hydrogens (tertiary/aromatic N) is 2. The molecule has 0 spiro atoms. The third kappa shape index (κ3) is 2.71. The predicted octanol–water partition coefficient (Wildman–Crippen LogP) is 3.34. The zero-order chi connectivity index (χ0) is 16.7. The summed E-state index contributed by atoms with van der Waals surface area (Å²) < 4.78 is 28.8. The first kappa shape index (κ1) is 15.6. The molecule has 7 heteroatoms. The molecule has 0 radical (unpaired) electrons. The number of hydrogen-bond acceptors (Lipinski definition) is 3. The van der Waals surface area contributed by atoms with Gasteiger partial charge in [0.25, 0.3) is 5.56 Å². The summed E-state index contributed by atoms with van der Waals surface area (Å²) >= 11 is 5.85. The van der Waals surface area contributed by atoms with Crippen molar-refractivity contribution in [2.24, 2.45) is 5.73 Å². The molecule has 2 aromatic carbocycles. The van der Waals surface area contributed by atoms with Gasteiger partial charge in [0.05, 0.1) is 17.2 Å². The lowest BCUT2D eigenvalue weighted by molar-refractivity contribution is 0.622. The number of halogens is 3. The molecule has 0 saturated carbocycles. The molecule has 1 aromatic heterocycles. The van der Waals surface area contributed by atoms with Crippen LogP contribution in [0.25, 0.3) is 16.6 Å². The molecular formula is C16H12ClF2N3O. The molecule has 1 heterocycles. The molecule has 0 bridgehead atoms. The molecule has 0 amide bonds. The molecule has 118 valence electrons. The highest BCUT2D eigenvalue weighted by Crippen LogP contribution is 2.21. The lowest BCUT2D eigenvalue weighted by Gasteiger charge is -2.16. The minimum atomic E-state index is -0.701. The van der Waals surface area contributed by atoms with Crippen LogP contribution in [0.5, 0.6) is 0 Å². The van der Waals surface area contributed by atoms with Crippen LogP contribution < -0.4 is 11.3 Å². The van der Waals surface area contributed by atoms with E-state index in [1.165, 1.54) is 24.3 Å². The van der Waals surface area contributed by atoms with Crippen LogP contribution in [0.1, 0.15) is 18.8 Å². The van der Waals surface area contributed by atoms with Gasteiger partial charge in [-0.3, -0.25) is 9.36 Å². The van der Waals surface area contributed by atoms with Gasteiger partial charge in [-0.2, -0.15) is 0 Å². The Kier molecular flexibility index (Phi) is 3.87. The quantitative estimate of drug-likeness (QED) is 0.781. The van der Waals surface area contributed by atoms with Crippen LogP contribution in [0.3, 0.4) is 0 Å². The highest BCUT2D eigenvalue weighted by atomic mass is 35.5. The van der Waals surface area contributed by atoms with Crippen molar-refractivity contribution in [1.29, 1.82) is 0 Å². The molecule has 3 aromatic rings. The molecule has 1 atom stereocenters. The smallest absolute Gasteiger partial charge is 0.269 e. The molecule has 0 unspecified atom stereocenters. The second kappa shape index (κ2) is 5.72. The molecule has 0 aliphatic heterocycles. The minimum absolute atomic E-state index is 0.108. The molecule has 0 saturated heterocycles. The fraction of sp³-hybridized carbons (Fsp3) is 0.125. The summed E-state index contributed by atoms with van der Waals surface area (Å²) in [6, 6.07) is 7.14. The third-order valence-corrected chi connectivity index (χ3v) is 3.60. The fourth-order valence-electron chi connectivity index (χ4n) is 2.43. The van der Waals surface area contributed by atoms with Crippen molar-refractivity contribution in [2.45, 2.75) is 13.0 Å². The predicted molar refractivity (Wildman–Crippen MR) is 84.9 cm³/mol. The van der Waals surface area contributed by atoms with Crippen molar-refractivity contribution in [2.75, 3.05) is 0 Å². The maximum atomic E-state index is 14.0. The van der Waals surface area contributed by atoms with E-state index in [0.29, 0.717) is 0 Å². The Labute approximate surface area is 135 Å². The van der Waals surface area contributed by atoms with Crippen LogP contribution in [0.2, 0.25) is 5.02 Å². The van der Waals surface area contributed by atoms with Gasteiger partial charge in [-0.05, 0) is 37.3 Å². The SMILES string of the molecule is C[C@H](N)c1nc2cccc(F)c2c(=O)n1-c1cc(F)cc(Cl)c1. The number of hydrogen-bond donors (Lipinski definition) is 1. The van der Waals surface area contributed by atoms with E-state index in [0.717, 1.165) is 16.7 Å². The Morgan fingerprint density at radius 3 is 2.65 bits per heavy atom. The zero-order valence-corrected chi connectivity index (χ0v) is 12.8. The van der Waals surface area contributed by atoms with Crippen LogP contribution in [-0.2, 0) is 0 Å². The van der Waals surface area contributed by atoms with E-state index in [9.17, 15) is 13.6 Å². The molecule has 23 heavy (non-hydrogen) atoms. The summed E-state index contributed by atoms with van der Waals surface area (Å²) in [6.45, 7) is 1.63. The lowest BCUT2D eigenvalue weighted by atomic mass is 10.2. The Morgan fingerprint density at radius 1 is 1.26 bits per heavy atom. The van der Waals surface area contributed by atoms with E-state index in [4.69, 9.17) is 17.3 Å². The van der Waals surface area contributed by atoms with Gasteiger partial charge in [0.1, 0.15) is 22.8 Å². The van der Waals surface area contributed by atoms with Gasteiger partial charge < -0.3 is 5.73 Å². The third-order valence-electron chi connectivity index (χ3n) is 3.39. The van der Waals surface area contributed by atoms with E-state index >= 15 is 0 Å². The van der Waals surface area contributed by atoms with Gasteiger partial charge in [-0.1, -0.05) is 17.7 Å². The van der Waals surface area contributed by atoms with Crippen LogP contribution in [-0.4, -0.2) is 9.55 Å². The number of rotatable bonds is 2. The second-order valence-electron chi connectivity index (χ2n) is 5.16. The maximum absolute atomic E-state index is 14.0. The van der Waals surface area contributed by atoms with E-state index in [-0.39, 0.29) is 27.4 Å². The summed E-state index contributed by atoms with van der Waals surface area (Å²) in [5, 5.41) is -0.0755. The van der Waals surface area contributed by atoms with Crippen molar-refractivity contribution >= 4 is 22.5 Å². The van der Waals surface area contributed by atoms with E-state index in [1.54, 1.807) is 6.92 Å². The summed E-state index contributed by atoms with van der Waals surface area (Å²) in [6.07, 6.45) is 0. The average Bonchev–Trinajstić information content (AvgIpc) is 2.45. The topological polar surface area (TPSA) is 60.9 Å². The van der Waals surface area contributed by atoms with Crippen LogP contribution >= 0.6 is 11.6 Å². The molecule has 0 fully saturated rings. The second-order valence-corrected chi connectivity index (χ2v) is 5.60. The standard InChI is InChI=1S/C16H12ClF2N3O/c1-8(20)15-21-13-4-2-3-12(19)14(13)16(23)22(15)11-6-9(17)5-10(18)7-11/h2-8H,20H2,1H3/t8-/m0/s1. The van der Waals surface area contributed by atoms with E-state index in [2.05, 4.69) is 4.98 Å². The molecule has 2 N–H and O–H groups in total. The Balaban J connectivity index is 2.47. The van der Waals surface area contributed by atoms with Crippen LogP contribution in [0.15, 0.2) is 41.2 Å². The molecule has 0 aliphatic carbocycles. The Hall–Kier alpha value is -2.31. The van der Waals surface area contributed by atoms with E-state index in [1.807, 2.05) is 0 Å². The first-order valence-electron chi connectivity index (χ1n) is 6.81. The highest BCUT2D eigenvalue weighted by molar-refractivity contribution is 6.30. The van der Waals surface area contributed by atoms with Gasteiger partial charge in [0, 0.05) is 5.02 Å². The first-order valence-corrected chi connectivity index (χ1v) is 7.19. The molecule has 0 aliphatic rings. The Bertz CT molecular complexity index is 949. The summed E-state index contributed by atoms with van der Waals surface area (Å²) in [4.78, 5) is 17.0. The van der Waals surface area contributed by atoms with Gasteiger partial charge in [-0.25, -0.2) is 13.8 Å². The van der Waals surface area contributed by atoms with E-state index < -0.39 is 23.2 Å². The van der Waals surface area contributed by atoms with Crippen molar-refractivity contribution in [3.8, 4) is 5.69 Å². The number of fused-ring (bicyclic) bond motifs is 1. The van der Waals surface area contributed by atoms with Crippen LogP contribution in [0, 0.1) is 11.6 Å². The van der Waals surface area contributed by atoms with Crippen LogP contribution in [0.4, 0.5) is 8.78 Å². The normalized spacial score (nSPS) is 12.6. The van der Waals surface area contributed by atoms with Crippen molar-refractivity contribution in [3.63, 3.8) is 0 Å². The summed E-state index contributed by atoms with van der Waals surface area (Å²) in [5.74, 6) is -1.13. The number of aromatic nitrogens is 2. The summed E-state index contributed by atoms with van der Waals surface area (Å²) in [7, 11) is 0. The fourth-order valence-corrected chi connectivity index (χ4v) is 2.65. The van der Waals surface area contributed by atoms with Gasteiger partial charge in [-0.15, -0.1) is 0 Å². The lowest BCUT2D eigenvalue weighted by Crippen LogP contribution is -2.28. The largest absolute Gasteiger partial charge is 0.322 e.